The number of piperidine rings is 1. The van der Waals surface area contributed by atoms with Crippen molar-refractivity contribution in [1.29, 1.82) is 0 Å². The van der Waals surface area contributed by atoms with Gasteiger partial charge in [-0.3, -0.25) is 4.90 Å². The number of hydrogen-bond acceptors (Lipinski definition) is 5. The lowest BCUT2D eigenvalue weighted by Gasteiger charge is -2.25. The van der Waals surface area contributed by atoms with E-state index in [9.17, 15) is 0 Å². The van der Waals surface area contributed by atoms with E-state index in [1.807, 2.05) is 4.52 Å². The van der Waals surface area contributed by atoms with E-state index in [2.05, 4.69) is 52.4 Å². The Morgan fingerprint density at radius 3 is 2.62 bits per heavy atom. The smallest absolute Gasteiger partial charge is 0.234 e. The lowest BCUT2D eigenvalue weighted by atomic mass is 9.97. The van der Waals surface area contributed by atoms with Gasteiger partial charge in [0.15, 0.2) is 5.82 Å². The van der Waals surface area contributed by atoms with Gasteiger partial charge in [0.25, 0.3) is 0 Å². The number of hydrogen-bond donors (Lipinski definition) is 0. The summed E-state index contributed by atoms with van der Waals surface area (Å²) >= 11 is 1.67. The van der Waals surface area contributed by atoms with Gasteiger partial charge in [0.05, 0.1) is 6.54 Å². The van der Waals surface area contributed by atoms with Crippen LogP contribution in [0.25, 0.3) is 4.96 Å². The highest BCUT2D eigenvalue weighted by molar-refractivity contribution is 7.16. The predicted molar refractivity (Wildman–Crippen MR) is 96.4 cm³/mol. The minimum absolute atomic E-state index is 0.334. The van der Waals surface area contributed by atoms with Gasteiger partial charge in [0.1, 0.15) is 5.01 Å². The van der Waals surface area contributed by atoms with Crippen molar-refractivity contribution in [2.24, 2.45) is 0 Å². The molecule has 0 bridgehead atoms. The number of likely N-dealkylation sites (tertiary alicyclic amines) is 1. The Balaban J connectivity index is 1.61. The summed E-state index contributed by atoms with van der Waals surface area (Å²) in [5.74, 6) is 1.30. The summed E-state index contributed by atoms with van der Waals surface area (Å²) in [6, 6.07) is 10.6. The number of benzene rings is 1. The van der Waals surface area contributed by atoms with Gasteiger partial charge in [-0.2, -0.15) is 9.61 Å². The third-order valence-corrected chi connectivity index (χ3v) is 5.81. The van der Waals surface area contributed by atoms with Crippen LogP contribution in [0.15, 0.2) is 30.3 Å². The summed E-state index contributed by atoms with van der Waals surface area (Å²) in [6.45, 7) is 5.39. The molecule has 5 nitrogen and oxygen atoms in total. The zero-order chi connectivity index (χ0) is 16.4. The number of nitrogens with zero attached hydrogens (tertiary/aromatic N) is 5. The molecule has 0 radical (unpaired) electrons. The van der Waals surface area contributed by atoms with Crippen molar-refractivity contribution in [3.05, 3.63) is 46.7 Å². The van der Waals surface area contributed by atoms with Crippen LogP contribution >= 0.6 is 11.3 Å². The van der Waals surface area contributed by atoms with E-state index in [1.165, 1.54) is 24.8 Å². The van der Waals surface area contributed by atoms with E-state index in [4.69, 9.17) is 5.10 Å². The van der Waals surface area contributed by atoms with E-state index >= 15 is 0 Å². The van der Waals surface area contributed by atoms with Crippen LogP contribution in [0.3, 0.4) is 0 Å². The zero-order valence-electron chi connectivity index (χ0n) is 14.1. The van der Waals surface area contributed by atoms with Crippen LogP contribution in [0.4, 0.5) is 0 Å². The Morgan fingerprint density at radius 2 is 1.88 bits per heavy atom. The first kappa shape index (κ1) is 15.7. The van der Waals surface area contributed by atoms with E-state index in [-0.39, 0.29) is 0 Å². The standard InChI is InChI=1S/C18H23N5S/c1-2-15(14-9-5-3-6-10-14)17-21-23-16(19-20-18(23)24-17)13-22-11-7-4-8-12-22/h3,5-6,9-10,15H,2,4,7-8,11-13H2,1H3/t15-/m1/s1. The quantitative estimate of drug-likeness (QED) is 0.710. The molecule has 0 N–H and O–H groups in total. The van der Waals surface area contributed by atoms with Crippen LogP contribution in [0.5, 0.6) is 0 Å². The molecule has 3 aromatic rings. The minimum Gasteiger partial charge on any atom is -0.296 e. The summed E-state index contributed by atoms with van der Waals surface area (Å²) in [7, 11) is 0. The summed E-state index contributed by atoms with van der Waals surface area (Å²) < 4.78 is 1.96. The molecule has 4 rings (SSSR count). The van der Waals surface area contributed by atoms with Gasteiger partial charge in [0.2, 0.25) is 4.96 Å². The highest BCUT2D eigenvalue weighted by atomic mass is 32.1. The largest absolute Gasteiger partial charge is 0.296 e. The maximum Gasteiger partial charge on any atom is 0.234 e. The second kappa shape index (κ2) is 6.99. The first-order chi connectivity index (χ1) is 11.8. The Hall–Kier alpha value is -1.79. The second-order valence-electron chi connectivity index (χ2n) is 6.46. The van der Waals surface area contributed by atoms with Gasteiger partial charge in [0, 0.05) is 5.92 Å². The average Bonchev–Trinajstić information content (AvgIpc) is 3.20. The fraction of sp³-hybridized carbons (Fsp3) is 0.500. The normalized spacial score (nSPS) is 17.4. The van der Waals surface area contributed by atoms with Crippen molar-refractivity contribution in [2.45, 2.75) is 45.1 Å². The zero-order valence-corrected chi connectivity index (χ0v) is 14.9. The molecule has 6 heteroatoms. The van der Waals surface area contributed by atoms with Gasteiger partial charge < -0.3 is 0 Å². The molecule has 0 spiro atoms. The molecule has 1 fully saturated rings. The van der Waals surface area contributed by atoms with Crippen LogP contribution < -0.4 is 0 Å². The van der Waals surface area contributed by atoms with E-state index in [1.54, 1.807) is 11.3 Å². The Morgan fingerprint density at radius 1 is 1.08 bits per heavy atom. The fourth-order valence-electron chi connectivity index (χ4n) is 3.47. The summed E-state index contributed by atoms with van der Waals surface area (Å²) in [5, 5.41) is 14.7. The molecule has 1 aliphatic heterocycles. The van der Waals surface area contributed by atoms with Crippen molar-refractivity contribution in [3.8, 4) is 0 Å². The summed E-state index contributed by atoms with van der Waals surface area (Å²) in [5.41, 5.74) is 1.32. The van der Waals surface area contributed by atoms with Crippen molar-refractivity contribution < 1.29 is 0 Å². The molecule has 1 saturated heterocycles. The molecule has 1 aliphatic rings. The van der Waals surface area contributed by atoms with Gasteiger partial charge in [-0.15, -0.1) is 10.2 Å². The maximum atomic E-state index is 4.87. The van der Waals surface area contributed by atoms with Crippen molar-refractivity contribution in [3.63, 3.8) is 0 Å². The molecule has 126 valence electrons. The highest BCUT2D eigenvalue weighted by Gasteiger charge is 2.21. The van der Waals surface area contributed by atoms with Crippen molar-refractivity contribution >= 4 is 16.3 Å². The van der Waals surface area contributed by atoms with Crippen molar-refractivity contribution in [2.75, 3.05) is 13.1 Å². The van der Waals surface area contributed by atoms with E-state index in [0.717, 1.165) is 41.8 Å². The second-order valence-corrected chi connectivity index (χ2v) is 7.45. The molecular formula is C18H23N5S. The van der Waals surface area contributed by atoms with Crippen LogP contribution in [0, 0.1) is 0 Å². The van der Waals surface area contributed by atoms with Crippen molar-refractivity contribution in [1.82, 2.24) is 24.7 Å². The summed E-state index contributed by atoms with van der Waals surface area (Å²) in [6.07, 6.45) is 4.96. The molecule has 0 saturated carbocycles. The van der Waals surface area contributed by atoms with E-state index < -0.39 is 0 Å². The number of fused-ring (bicyclic) bond motifs is 1. The molecule has 0 amide bonds. The first-order valence-electron chi connectivity index (χ1n) is 8.83. The first-order valence-corrected chi connectivity index (χ1v) is 9.65. The monoisotopic (exact) mass is 341 g/mol. The number of rotatable bonds is 5. The molecule has 2 aromatic heterocycles. The molecule has 3 heterocycles. The van der Waals surface area contributed by atoms with Crippen LogP contribution in [-0.4, -0.2) is 37.8 Å². The SMILES string of the molecule is CC[C@H](c1ccccc1)c1nn2c(CN3CCCCC3)nnc2s1. The van der Waals surface area contributed by atoms with Gasteiger partial charge in [-0.25, -0.2) is 0 Å². The molecule has 0 unspecified atom stereocenters. The lowest BCUT2D eigenvalue weighted by Crippen LogP contribution is -2.30. The van der Waals surface area contributed by atoms with Gasteiger partial charge in [-0.1, -0.05) is 55.0 Å². The van der Waals surface area contributed by atoms with Crippen LogP contribution in [-0.2, 0) is 6.54 Å². The van der Waals surface area contributed by atoms with Gasteiger partial charge in [-0.05, 0) is 37.9 Å². The minimum atomic E-state index is 0.334. The summed E-state index contributed by atoms with van der Waals surface area (Å²) in [4.78, 5) is 3.37. The van der Waals surface area contributed by atoms with Crippen LogP contribution in [0.1, 0.15) is 54.9 Å². The van der Waals surface area contributed by atoms with Crippen LogP contribution in [0.2, 0.25) is 0 Å². The predicted octanol–water partition coefficient (Wildman–Crippen LogP) is 3.71. The lowest BCUT2D eigenvalue weighted by molar-refractivity contribution is 0.214. The Kier molecular flexibility index (Phi) is 4.58. The molecule has 0 aliphatic carbocycles. The van der Waals surface area contributed by atoms with Gasteiger partial charge >= 0.3 is 0 Å². The molecule has 1 atom stereocenters. The highest BCUT2D eigenvalue weighted by Crippen LogP contribution is 2.31. The Bertz CT molecular complexity index is 788. The number of aromatic nitrogens is 4. The maximum absolute atomic E-state index is 4.87. The third kappa shape index (κ3) is 3.08. The molecular weight excluding hydrogens is 318 g/mol. The fourth-order valence-corrected chi connectivity index (χ4v) is 4.54. The third-order valence-electron chi connectivity index (χ3n) is 4.79. The van der Waals surface area contributed by atoms with E-state index in [0.29, 0.717) is 5.92 Å². The Labute approximate surface area is 146 Å². The topological polar surface area (TPSA) is 46.3 Å². The average molecular weight is 341 g/mol. The molecule has 24 heavy (non-hydrogen) atoms. The molecule has 1 aromatic carbocycles.